The monoisotopic (exact) mass is 361 g/mol. The highest BCUT2D eigenvalue weighted by atomic mass is 19.3. The van der Waals surface area contributed by atoms with Crippen molar-refractivity contribution in [3.8, 4) is 0 Å². The maximum absolute atomic E-state index is 14.0. The summed E-state index contributed by atoms with van der Waals surface area (Å²) in [7, 11) is 0. The Morgan fingerprint density at radius 2 is 2.19 bits per heavy atom. The van der Waals surface area contributed by atoms with Crippen molar-refractivity contribution in [1.29, 1.82) is 0 Å². The Kier molecular flexibility index (Phi) is 3.02. The SMILES string of the molecule is O=C([C@H]1CC1(F)F)N1CCc2[nH]cnc2[C@H]1c1cc2c(F)cccn2n1. The molecule has 4 heterocycles. The molecule has 26 heavy (non-hydrogen) atoms. The maximum Gasteiger partial charge on any atom is 0.260 e. The van der Waals surface area contributed by atoms with Crippen molar-refractivity contribution in [2.24, 2.45) is 5.92 Å². The van der Waals surface area contributed by atoms with Crippen LogP contribution < -0.4 is 0 Å². The van der Waals surface area contributed by atoms with E-state index < -0.39 is 36.0 Å². The van der Waals surface area contributed by atoms with E-state index in [4.69, 9.17) is 0 Å². The quantitative estimate of drug-likeness (QED) is 0.762. The molecule has 1 aliphatic carbocycles. The van der Waals surface area contributed by atoms with Gasteiger partial charge in [0.2, 0.25) is 5.91 Å². The van der Waals surface area contributed by atoms with Crippen LogP contribution in [0.4, 0.5) is 13.2 Å². The number of imidazole rings is 1. The number of carbonyl (C=O) groups is 1. The highest BCUT2D eigenvalue weighted by Gasteiger charge is 2.63. The fourth-order valence-electron chi connectivity index (χ4n) is 3.63. The van der Waals surface area contributed by atoms with Gasteiger partial charge in [0.25, 0.3) is 5.92 Å². The third-order valence-electron chi connectivity index (χ3n) is 5.08. The molecule has 9 heteroatoms. The summed E-state index contributed by atoms with van der Waals surface area (Å²) in [5, 5.41) is 4.37. The van der Waals surface area contributed by atoms with E-state index >= 15 is 0 Å². The van der Waals surface area contributed by atoms with Gasteiger partial charge in [-0.3, -0.25) is 4.79 Å². The molecule has 1 aliphatic heterocycles. The fraction of sp³-hybridized carbons (Fsp3) is 0.353. The number of amides is 1. The Hall–Kier alpha value is -2.84. The second-order valence-electron chi connectivity index (χ2n) is 6.72. The Morgan fingerprint density at radius 1 is 1.38 bits per heavy atom. The first kappa shape index (κ1) is 15.4. The molecular weight excluding hydrogens is 347 g/mol. The van der Waals surface area contributed by atoms with E-state index in [1.54, 1.807) is 6.20 Å². The van der Waals surface area contributed by atoms with Crippen molar-refractivity contribution in [3.05, 3.63) is 53.6 Å². The summed E-state index contributed by atoms with van der Waals surface area (Å²) in [5.41, 5.74) is 2.06. The lowest BCUT2D eigenvalue weighted by molar-refractivity contribution is -0.137. The molecule has 3 aromatic rings. The third kappa shape index (κ3) is 2.16. The number of nitrogens with zero attached hydrogens (tertiary/aromatic N) is 4. The summed E-state index contributed by atoms with van der Waals surface area (Å²) in [6.45, 7) is 0.279. The summed E-state index contributed by atoms with van der Waals surface area (Å²) in [5.74, 6) is -5.29. The van der Waals surface area contributed by atoms with E-state index in [9.17, 15) is 18.0 Å². The maximum atomic E-state index is 14.0. The molecule has 5 rings (SSSR count). The summed E-state index contributed by atoms with van der Waals surface area (Å²) in [6.07, 6.45) is 3.17. The molecule has 0 bridgehead atoms. The van der Waals surface area contributed by atoms with Crippen molar-refractivity contribution in [2.75, 3.05) is 6.54 Å². The number of pyridine rings is 1. The van der Waals surface area contributed by atoms with Gasteiger partial charge in [-0.05, 0) is 18.2 Å². The molecule has 0 aromatic carbocycles. The van der Waals surface area contributed by atoms with Crippen LogP contribution in [0.3, 0.4) is 0 Å². The predicted octanol–water partition coefficient (Wildman–Crippen LogP) is 2.33. The van der Waals surface area contributed by atoms with Gasteiger partial charge in [0.1, 0.15) is 23.3 Å². The van der Waals surface area contributed by atoms with E-state index in [0.29, 0.717) is 17.8 Å². The number of H-pyrrole nitrogens is 1. The first-order valence-electron chi connectivity index (χ1n) is 8.30. The van der Waals surface area contributed by atoms with Gasteiger partial charge >= 0.3 is 0 Å². The molecule has 2 atom stereocenters. The van der Waals surface area contributed by atoms with Crippen LogP contribution in [0, 0.1) is 11.7 Å². The van der Waals surface area contributed by atoms with Gasteiger partial charge in [0.15, 0.2) is 0 Å². The van der Waals surface area contributed by atoms with Crippen LogP contribution in [0.2, 0.25) is 0 Å². The number of fused-ring (bicyclic) bond motifs is 2. The second kappa shape index (κ2) is 5.09. The topological polar surface area (TPSA) is 66.3 Å². The zero-order valence-corrected chi connectivity index (χ0v) is 13.5. The number of carbonyl (C=O) groups excluding carboxylic acids is 1. The Bertz CT molecular complexity index is 1030. The minimum Gasteiger partial charge on any atom is -0.348 e. The molecule has 0 unspecified atom stereocenters. The number of aromatic nitrogens is 4. The zero-order valence-electron chi connectivity index (χ0n) is 13.5. The number of rotatable bonds is 2. The van der Waals surface area contributed by atoms with Crippen LogP contribution in [0.1, 0.15) is 29.5 Å². The molecule has 3 aromatic heterocycles. The average molecular weight is 361 g/mol. The molecule has 1 fully saturated rings. The lowest BCUT2D eigenvalue weighted by atomic mass is 9.99. The average Bonchev–Trinajstić information content (AvgIpc) is 2.99. The highest BCUT2D eigenvalue weighted by Crippen LogP contribution is 2.51. The first-order valence-corrected chi connectivity index (χ1v) is 8.30. The summed E-state index contributed by atoms with van der Waals surface area (Å²) in [6, 6.07) is 3.66. The molecule has 0 radical (unpaired) electrons. The largest absolute Gasteiger partial charge is 0.348 e. The number of alkyl halides is 2. The first-order chi connectivity index (χ1) is 12.5. The number of halogens is 3. The molecule has 1 amide bonds. The Balaban J connectivity index is 1.61. The number of hydrogen-bond acceptors (Lipinski definition) is 3. The predicted molar refractivity (Wildman–Crippen MR) is 84.1 cm³/mol. The second-order valence-corrected chi connectivity index (χ2v) is 6.72. The van der Waals surface area contributed by atoms with Crippen molar-refractivity contribution in [1.82, 2.24) is 24.5 Å². The summed E-state index contributed by atoms with van der Waals surface area (Å²) >= 11 is 0. The van der Waals surface area contributed by atoms with E-state index in [-0.39, 0.29) is 12.1 Å². The molecule has 6 nitrogen and oxygen atoms in total. The summed E-state index contributed by atoms with van der Waals surface area (Å²) < 4.78 is 42.3. The fourth-order valence-corrected chi connectivity index (χ4v) is 3.63. The standard InChI is InChI=1S/C17H14F3N5O/c18-10-2-1-4-25-13(10)6-12(23-25)15-14-11(21-8-22-14)3-5-24(15)16(26)9-7-17(9,19)20/h1-2,4,6,8-9,15H,3,5,7H2,(H,21,22)/t9-,15-/m1/s1. The number of hydrogen-bond donors (Lipinski definition) is 1. The van der Waals surface area contributed by atoms with Crippen LogP contribution >= 0.6 is 0 Å². The van der Waals surface area contributed by atoms with Gasteiger partial charge in [-0.25, -0.2) is 22.7 Å². The van der Waals surface area contributed by atoms with E-state index in [1.165, 1.54) is 33.9 Å². The van der Waals surface area contributed by atoms with Gasteiger partial charge in [0, 0.05) is 31.3 Å². The number of aromatic amines is 1. The number of nitrogens with one attached hydrogen (secondary N) is 1. The van der Waals surface area contributed by atoms with Gasteiger partial charge in [-0.15, -0.1) is 0 Å². The van der Waals surface area contributed by atoms with Crippen LogP contribution in [0.25, 0.3) is 5.52 Å². The molecule has 1 N–H and O–H groups in total. The van der Waals surface area contributed by atoms with Crippen molar-refractivity contribution >= 4 is 11.4 Å². The molecular formula is C17H14F3N5O. The van der Waals surface area contributed by atoms with E-state index in [0.717, 1.165) is 5.69 Å². The Labute approximate surface area is 145 Å². The lowest BCUT2D eigenvalue weighted by Crippen LogP contribution is -2.42. The van der Waals surface area contributed by atoms with Crippen molar-refractivity contribution in [3.63, 3.8) is 0 Å². The molecule has 1 saturated carbocycles. The molecule has 0 spiro atoms. The van der Waals surface area contributed by atoms with Crippen LogP contribution in [-0.4, -0.2) is 42.9 Å². The zero-order chi connectivity index (χ0) is 18.1. The van der Waals surface area contributed by atoms with Crippen LogP contribution in [-0.2, 0) is 11.2 Å². The molecule has 2 aliphatic rings. The van der Waals surface area contributed by atoms with Gasteiger partial charge in [-0.2, -0.15) is 5.10 Å². The van der Waals surface area contributed by atoms with E-state index in [1.807, 2.05) is 0 Å². The molecule has 0 saturated heterocycles. The van der Waals surface area contributed by atoms with Gasteiger partial charge in [0.05, 0.1) is 17.7 Å². The minimum absolute atomic E-state index is 0.259. The van der Waals surface area contributed by atoms with Crippen molar-refractivity contribution < 1.29 is 18.0 Å². The molecule has 134 valence electrons. The van der Waals surface area contributed by atoms with Gasteiger partial charge in [-0.1, -0.05) is 0 Å². The van der Waals surface area contributed by atoms with Crippen molar-refractivity contribution in [2.45, 2.75) is 24.8 Å². The Morgan fingerprint density at radius 3 is 2.92 bits per heavy atom. The smallest absolute Gasteiger partial charge is 0.260 e. The van der Waals surface area contributed by atoms with E-state index in [2.05, 4.69) is 15.1 Å². The third-order valence-corrected chi connectivity index (χ3v) is 5.08. The van der Waals surface area contributed by atoms with Crippen LogP contribution in [0.5, 0.6) is 0 Å². The minimum atomic E-state index is -2.95. The van der Waals surface area contributed by atoms with Crippen LogP contribution in [0.15, 0.2) is 30.7 Å². The normalized spacial score (nSPS) is 23.9. The summed E-state index contributed by atoms with van der Waals surface area (Å²) in [4.78, 5) is 21.4. The lowest BCUT2D eigenvalue weighted by Gasteiger charge is -2.34. The highest BCUT2D eigenvalue weighted by molar-refractivity contribution is 5.84. The van der Waals surface area contributed by atoms with Gasteiger partial charge < -0.3 is 9.88 Å².